The van der Waals surface area contributed by atoms with Crippen molar-refractivity contribution in [3.05, 3.63) is 48.3 Å². The number of hydrogen-bond donors (Lipinski definition) is 2. The number of nitrogens with one attached hydrogen (secondary N) is 1. The van der Waals surface area contributed by atoms with Gasteiger partial charge in [0.15, 0.2) is 0 Å². The van der Waals surface area contributed by atoms with Crippen LogP contribution in [0.5, 0.6) is 0 Å². The highest BCUT2D eigenvalue weighted by molar-refractivity contribution is 5.85. The molecular formula is C23H28N4O4. The summed E-state index contributed by atoms with van der Waals surface area (Å²) < 4.78 is 5.33. The summed E-state index contributed by atoms with van der Waals surface area (Å²) in [5.41, 5.74) is 1.85. The maximum Gasteiger partial charge on any atom is 0.407 e. The lowest BCUT2D eigenvalue weighted by Crippen LogP contribution is -2.46. The summed E-state index contributed by atoms with van der Waals surface area (Å²) in [7, 11) is 0. The molecule has 1 fully saturated rings. The van der Waals surface area contributed by atoms with E-state index in [1.807, 2.05) is 45.0 Å². The fourth-order valence-corrected chi connectivity index (χ4v) is 3.34. The number of piperidine rings is 1. The minimum atomic E-state index is -0.989. The van der Waals surface area contributed by atoms with Gasteiger partial charge < -0.3 is 20.1 Å². The number of alkyl carbamates (subject to hydrolysis) is 1. The Morgan fingerprint density at radius 3 is 2.65 bits per heavy atom. The van der Waals surface area contributed by atoms with Crippen LogP contribution >= 0.6 is 0 Å². The number of anilines is 1. The highest BCUT2D eigenvalue weighted by Crippen LogP contribution is 2.23. The quantitative estimate of drug-likeness (QED) is 0.705. The van der Waals surface area contributed by atoms with Crippen molar-refractivity contribution in [3.8, 4) is 11.3 Å². The molecule has 1 aromatic carbocycles. The van der Waals surface area contributed by atoms with E-state index in [1.165, 1.54) is 0 Å². The van der Waals surface area contributed by atoms with Crippen LogP contribution in [0, 0.1) is 0 Å². The first-order valence-electron chi connectivity index (χ1n) is 10.3. The number of carbonyl (C=O) groups is 2. The second-order valence-electron chi connectivity index (χ2n) is 8.47. The first kappa shape index (κ1) is 22.3. The van der Waals surface area contributed by atoms with Crippen molar-refractivity contribution >= 4 is 24.0 Å². The largest absolute Gasteiger partial charge is 0.478 e. The molecule has 31 heavy (non-hydrogen) atoms. The lowest BCUT2D eigenvalue weighted by molar-refractivity contribution is -0.131. The van der Waals surface area contributed by atoms with Crippen LogP contribution < -0.4 is 10.2 Å². The monoisotopic (exact) mass is 424 g/mol. The third-order valence-electron chi connectivity index (χ3n) is 4.76. The van der Waals surface area contributed by atoms with Crippen LogP contribution in [0.25, 0.3) is 17.3 Å². The van der Waals surface area contributed by atoms with Gasteiger partial charge >= 0.3 is 12.1 Å². The number of ether oxygens (including phenoxy) is 1. The van der Waals surface area contributed by atoms with Gasteiger partial charge in [0.1, 0.15) is 11.4 Å². The van der Waals surface area contributed by atoms with Gasteiger partial charge in [0.2, 0.25) is 0 Å². The van der Waals surface area contributed by atoms with E-state index in [1.54, 1.807) is 18.5 Å². The molecule has 0 aliphatic carbocycles. The Morgan fingerprint density at radius 1 is 1.23 bits per heavy atom. The van der Waals surface area contributed by atoms with Crippen molar-refractivity contribution in [3.63, 3.8) is 0 Å². The molecule has 0 saturated carbocycles. The van der Waals surface area contributed by atoms with Crippen LogP contribution in [0.4, 0.5) is 10.6 Å². The van der Waals surface area contributed by atoms with Gasteiger partial charge in [-0.25, -0.2) is 14.6 Å². The molecule has 1 saturated heterocycles. The van der Waals surface area contributed by atoms with Crippen LogP contribution in [0.2, 0.25) is 0 Å². The van der Waals surface area contributed by atoms with Crippen molar-refractivity contribution in [1.29, 1.82) is 0 Å². The number of aliphatic carboxylic acids is 1. The summed E-state index contributed by atoms with van der Waals surface area (Å²) >= 11 is 0. The number of nitrogens with zero attached hydrogens (tertiary/aromatic N) is 3. The minimum absolute atomic E-state index is 0.0694. The molecule has 0 atom stereocenters. The first-order valence-corrected chi connectivity index (χ1v) is 10.3. The number of carbonyl (C=O) groups excluding carboxylic acids is 1. The third kappa shape index (κ3) is 6.80. The molecule has 0 unspecified atom stereocenters. The van der Waals surface area contributed by atoms with Gasteiger partial charge in [-0.1, -0.05) is 18.2 Å². The Balaban J connectivity index is 1.63. The lowest BCUT2D eigenvalue weighted by Gasteiger charge is -2.33. The van der Waals surface area contributed by atoms with Crippen LogP contribution in [0.1, 0.15) is 39.2 Å². The molecule has 1 aliphatic heterocycles. The second-order valence-corrected chi connectivity index (χ2v) is 8.47. The Bertz CT molecular complexity index is 960. The highest BCUT2D eigenvalue weighted by Gasteiger charge is 2.24. The molecule has 3 rings (SSSR count). The minimum Gasteiger partial charge on any atom is -0.478 e. The zero-order chi connectivity index (χ0) is 22.4. The maximum absolute atomic E-state index is 12.0. The van der Waals surface area contributed by atoms with Crippen molar-refractivity contribution in [1.82, 2.24) is 15.3 Å². The van der Waals surface area contributed by atoms with Gasteiger partial charge in [0, 0.05) is 30.8 Å². The van der Waals surface area contributed by atoms with Gasteiger partial charge in [-0.15, -0.1) is 0 Å². The number of carboxylic acid groups (broad SMARTS) is 1. The predicted octanol–water partition coefficient (Wildman–Crippen LogP) is 3.73. The zero-order valence-electron chi connectivity index (χ0n) is 18.0. The SMILES string of the molecule is CC(C)(C)OC(=O)NC1CCN(c2cncc(-c3cccc(/C=C/C(=O)O)c3)n2)CC1. The fourth-order valence-electron chi connectivity index (χ4n) is 3.34. The van der Waals surface area contributed by atoms with E-state index in [4.69, 9.17) is 14.8 Å². The van der Waals surface area contributed by atoms with Crippen molar-refractivity contribution in [2.75, 3.05) is 18.0 Å². The summed E-state index contributed by atoms with van der Waals surface area (Å²) in [6.07, 6.45) is 7.29. The summed E-state index contributed by atoms with van der Waals surface area (Å²) in [4.78, 5) is 34.0. The highest BCUT2D eigenvalue weighted by atomic mass is 16.6. The van der Waals surface area contributed by atoms with E-state index in [2.05, 4.69) is 15.2 Å². The molecule has 2 aromatic rings. The molecule has 8 heteroatoms. The standard InChI is InChI=1S/C23H28N4O4/c1-23(2,3)31-22(30)25-18-9-11-27(12-10-18)20-15-24-14-19(26-20)17-6-4-5-16(13-17)7-8-21(28)29/h4-8,13-15,18H,9-12H2,1-3H3,(H,25,30)(H,28,29)/b8-7+. The van der Waals surface area contributed by atoms with Crippen LogP contribution in [-0.2, 0) is 9.53 Å². The van der Waals surface area contributed by atoms with Crippen molar-refractivity contribution in [2.24, 2.45) is 0 Å². The van der Waals surface area contributed by atoms with Gasteiger partial charge in [-0.2, -0.15) is 0 Å². The number of carboxylic acids is 1. The zero-order valence-corrected chi connectivity index (χ0v) is 18.0. The van der Waals surface area contributed by atoms with Gasteiger partial charge in [-0.05, 0) is 51.3 Å². The van der Waals surface area contributed by atoms with Gasteiger partial charge in [0.05, 0.1) is 18.1 Å². The number of aromatic nitrogens is 2. The summed E-state index contributed by atoms with van der Waals surface area (Å²) in [6, 6.07) is 7.56. The molecular weight excluding hydrogens is 396 g/mol. The first-order chi connectivity index (χ1) is 14.7. The van der Waals surface area contributed by atoms with E-state index < -0.39 is 11.6 Å². The Morgan fingerprint density at radius 2 is 1.97 bits per heavy atom. The lowest BCUT2D eigenvalue weighted by atomic mass is 10.1. The predicted molar refractivity (Wildman–Crippen MR) is 119 cm³/mol. The molecule has 8 nitrogen and oxygen atoms in total. The van der Waals surface area contributed by atoms with E-state index in [-0.39, 0.29) is 12.1 Å². The molecule has 1 amide bonds. The molecule has 0 bridgehead atoms. The van der Waals surface area contributed by atoms with E-state index >= 15 is 0 Å². The molecule has 2 heterocycles. The summed E-state index contributed by atoms with van der Waals surface area (Å²) in [6.45, 7) is 7.04. The average Bonchev–Trinajstić information content (AvgIpc) is 2.72. The molecule has 1 aromatic heterocycles. The second kappa shape index (κ2) is 9.59. The topological polar surface area (TPSA) is 105 Å². The van der Waals surface area contributed by atoms with Crippen molar-refractivity contribution in [2.45, 2.75) is 45.3 Å². The smallest absolute Gasteiger partial charge is 0.407 e. The molecule has 2 N–H and O–H groups in total. The Kier molecular flexibility index (Phi) is 6.89. The van der Waals surface area contributed by atoms with Crippen LogP contribution in [-0.4, -0.2) is 51.9 Å². The van der Waals surface area contributed by atoms with E-state index in [9.17, 15) is 9.59 Å². The molecule has 0 radical (unpaired) electrons. The van der Waals surface area contributed by atoms with E-state index in [0.717, 1.165) is 54.6 Å². The summed E-state index contributed by atoms with van der Waals surface area (Å²) in [5, 5.41) is 11.8. The fraction of sp³-hybridized carbons (Fsp3) is 0.391. The third-order valence-corrected chi connectivity index (χ3v) is 4.76. The van der Waals surface area contributed by atoms with E-state index in [0.29, 0.717) is 0 Å². The number of benzene rings is 1. The van der Waals surface area contributed by atoms with Crippen LogP contribution in [0.3, 0.4) is 0 Å². The number of hydrogen-bond acceptors (Lipinski definition) is 6. The molecule has 1 aliphatic rings. The molecule has 0 spiro atoms. The number of amides is 1. The van der Waals surface area contributed by atoms with Crippen molar-refractivity contribution < 1.29 is 19.4 Å². The summed E-state index contributed by atoms with van der Waals surface area (Å²) in [5.74, 6) is -0.212. The maximum atomic E-state index is 12.0. The van der Waals surface area contributed by atoms with Gasteiger partial charge in [0.25, 0.3) is 0 Å². The van der Waals surface area contributed by atoms with Gasteiger partial charge in [-0.3, -0.25) is 4.98 Å². The Hall–Kier alpha value is -3.42. The number of rotatable bonds is 5. The Labute approximate surface area is 182 Å². The normalized spacial score (nSPS) is 15.1. The molecule has 164 valence electrons. The van der Waals surface area contributed by atoms with Crippen LogP contribution in [0.15, 0.2) is 42.7 Å². The average molecular weight is 425 g/mol.